The predicted molar refractivity (Wildman–Crippen MR) is 229 cm³/mol. The van der Waals surface area contributed by atoms with Crippen molar-refractivity contribution < 1.29 is 134 Å². The van der Waals surface area contributed by atoms with E-state index in [0.717, 1.165) is 9.80 Å². The minimum atomic E-state index is -2.24. The molecule has 2 saturated heterocycles. The molecule has 2 aliphatic heterocycles. The molecule has 0 aromatic carbocycles. The van der Waals surface area contributed by atoms with Crippen molar-refractivity contribution in [3.63, 3.8) is 0 Å². The Balaban J connectivity index is 0.00000117. The number of hydrogen-bond donors (Lipinski definition) is 19. The SMILES string of the molecule is CSCC[C@H](N)C(=O)O[C@H]1[C@H](O)[C@@H](CO)O[C@@]1(COC(CO)CS)O[C@H]1O[C@H](CO)[C@@H](O)[C@H](O)[C@H]1O.O=C(O)CN(CCN(CC(=O)O)CC(=O)O)CC(=O)O.OC[C@@H](O)[C@@H](O)[C@H](O)[C@H](O)CO. The van der Waals surface area contributed by atoms with Gasteiger partial charge in [0, 0.05) is 18.8 Å². The molecule has 0 bridgehead atoms. The van der Waals surface area contributed by atoms with E-state index in [2.05, 4.69) is 12.6 Å². The van der Waals surface area contributed by atoms with E-state index in [4.69, 9.17) is 80.5 Å². The number of carbonyl (C=O) groups excluding carboxylic acids is 1. The molecule has 32 heteroatoms. The monoisotopic (exact) mass is 1040 g/mol. The van der Waals surface area contributed by atoms with Crippen LogP contribution in [-0.2, 0) is 47.7 Å². The van der Waals surface area contributed by atoms with E-state index in [1.165, 1.54) is 11.8 Å². The highest BCUT2D eigenvalue weighted by atomic mass is 32.2. The number of aliphatic hydroxyl groups excluding tert-OH is 13. The van der Waals surface area contributed by atoms with Crippen LogP contribution < -0.4 is 5.73 Å². The van der Waals surface area contributed by atoms with Crippen molar-refractivity contribution in [2.75, 3.05) is 96.7 Å². The van der Waals surface area contributed by atoms with E-state index in [9.17, 15) is 59.7 Å². The van der Waals surface area contributed by atoms with Crippen LogP contribution in [0.2, 0.25) is 0 Å². The van der Waals surface area contributed by atoms with Crippen LogP contribution in [0.3, 0.4) is 0 Å². The quantitative estimate of drug-likeness (QED) is 0.0235. The summed E-state index contributed by atoms with van der Waals surface area (Å²) in [4.78, 5) is 57.1. The van der Waals surface area contributed by atoms with Crippen LogP contribution in [0, 0.1) is 0 Å². The second-order valence-electron chi connectivity index (χ2n) is 15.0. The first kappa shape index (κ1) is 65.2. The van der Waals surface area contributed by atoms with Crippen LogP contribution in [0.1, 0.15) is 6.42 Å². The number of rotatable bonds is 30. The van der Waals surface area contributed by atoms with Crippen LogP contribution in [0.15, 0.2) is 0 Å². The molecule has 0 saturated carbocycles. The maximum atomic E-state index is 12.7. The Labute approximate surface area is 398 Å². The number of nitrogens with zero attached hydrogens (tertiary/aromatic N) is 2. The van der Waals surface area contributed by atoms with Gasteiger partial charge in [0.2, 0.25) is 5.79 Å². The minimum Gasteiger partial charge on any atom is -0.480 e. The Bertz CT molecular complexity index is 1390. The molecule has 0 aliphatic carbocycles. The van der Waals surface area contributed by atoms with Gasteiger partial charge >= 0.3 is 29.8 Å². The number of ether oxygens (including phenoxy) is 5. The van der Waals surface area contributed by atoms with Crippen molar-refractivity contribution in [2.24, 2.45) is 5.73 Å². The van der Waals surface area contributed by atoms with Crippen LogP contribution in [0.25, 0.3) is 0 Å². The highest BCUT2D eigenvalue weighted by Gasteiger charge is 2.61. The number of aliphatic hydroxyl groups is 13. The predicted octanol–water partition coefficient (Wildman–Crippen LogP) is -10.1. The molecule has 15 atom stereocenters. The number of aliphatic carboxylic acids is 4. The van der Waals surface area contributed by atoms with Crippen molar-refractivity contribution in [3.8, 4) is 0 Å². The molecule has 0 amide bonds. The number of carboxylic acid groups (broad SMARTS) is 4. The van der Waals surface area contributed by atoms with Gasteiger partial charge in [0.05, 0.1) is 65.3 Å². The number of nitrogens with two attached hydrogens (primary N) is 1. The van der Waals surface area contributed by atoms with Crippen molar-refractivity contribution in [2.45, 2.75) is 97.8 Å². The Morgan fingerprint density at radius 1 is 0.706 bits per heavy atom. The molecule has 2 heterocycles. The number of thiol groups is 1. The van der Waals surface area contributed by atoms with Gasteiger partial charge in [0.1, 0.15) is 73.7 Å². The maximum Gasteiger partial charge on any atom is 0.323 e. The van der Waals surface area contributed by atoms with Crippen LogP contribution in [-0.4, -0.2) is 314 Å². The Kier molecular flexibility index (Phi) is 32.4. The van der Waals surface area contributed by atoms with Gasteiger partial charge in [-0.05, 0) is 18.4 Å². The van der Waals surface area contributed by atoms with E-state index < -0.39 is 187 Å². The Hall–Kier alpha value is -2.75. The number of carbonyl (C=O) groups is 5. The van der Waals surface area contributed by atoms with Gasteiger partial charge in [0.15, 0.2) is 12.4 Å². The zero-order chi connectivity index (χ0) is 52.5. The number of thioether (sulfide) groups is 1. The van der Waals surface area contributed by atoms with E-state index in [-0.39, 0.29) is 25.3 Å². The highest BCUT2D eigenvalue weighted by molar-refractivity contribution is 7.98. The second-order valence-corrected chi connectivity index (χ2v) is 16.3. The summed E-state index contributed by atoms with van der Waals surface area (Å²) < 4.78 is 28.0. The van der Waals surface area contributed by atoms with Crippen LogP contribution in [0.5, 0.6) is 0 Å². The molecular weight excluding hydrogens is 971 g/mol. The van der Waals surface area contributed by atoms with Gasteiger partial charge < -0.3 is 116 Å². The highest BCUT2D eigenvalue weighted by Crippen LogP contribution is 2.39. The second kappa shape index (κ2) is 33.8. The van der Waals surface area contributed by atoms with Gasteiger partial charge in [-0.1, -0.05) is 0 Å². The fraction of sp³-hybridized carbons (Fsp3) is 0.861. The molecule has 400 valence electrons. The molecular formula is C36H67N3O27S2. The third-order valence-electron chi connectivity index (χ3n) is 9.61. The molecule has 0 spiro atoms. The summed E-state index contributed by atoms with van der Waals surface area (Å²) in [6.45, 7) is -6.27. The summed E-state index contributed by atoms with van der Waals surface area (Å²) in [5.74, 6) is -7.46. The summed E-state index contributed by atoms with van der Waals surface area (Å²) in [6.07, 6.45) is -18.3. The smallest absolute Gasteiger partial charge is 0.323 e. The first-order valence-electron chi connectivity index (χ1n) is 20.3. The number of carboxylic acids is 4. The largest absolute Gasteiger partial charge is 0.480 e. The van der Waals surface area contributed by atoms with Crippen LogP contribution >= 0.6 is 24.4 Å². The zero-order valence-corrected chi connectivity index (χ0v) is 38.4. The summed E-state index contributed by atoms with van der Waals surface area (Å²) in [5, 5.41) is 157. The molecule has 30 nitrogen and oxygen atoms in total. The average molecular weight is 1040 g/mol. The summed E-state index contributed by atoms with van der Waals surface area (Å²) in [5.41, 5.74) is 5.90. The van der Waals surface area contributed by atoms with Crippen molar-refractivity contribution in [1.29, 1.82) is 0 Å². The lowest BCUT2D eigenvalue weighted by Crippen LogP contribution is -2.63. The third kappa shape index (κ3) is 22.6. The summed E-state index contributed by atoms with van der Waals surface area (Å²) in [7, 11) is 0. The molecule has 2 fully saturated rings. The van der Waals surface area contributed by atoms with Crippen molar-refractivity contribution in [1.82, 2.24) is 9.80 Å². The fourth-order valence-electron chi connectivity index (χ4n) is 5.88. The van der Waals surface area contributed by atoms with Crippen LogP contribution in [0.4, 0.5) is 0 Å². The zero-order valence-electron chi connectivity index (χ0n) is 36.7. The van der Waals surface area contributed by atoms with Crippen molar-refractivity contribution >= 4 is 54.2 Å². The topological polar surface area (TPSA) is 508 Å². The van der Waals surface area contributed by atoms with Crippen molar-refractivity contribution in [3.05, 3.63) is 0 Å². The molecule has 0 aromatic heterocycles. The number of hydrogen-bond acceptors (Lipinski definition) is 28. The minimum absolute atomic E-state index is 0.0582. The summed E-state index contributed by atoms with van der Waals surface area (Å²) in [6, 6.07) is -1.06. The average Bonchev–Trinajstić information content (AvgIpc) is 3.54. The van der Waals surface area contributed by atoms with E-state index >= 15 is 0 Å². The van der Waals surface area contributed by atoms with Gasteiger partial charge in [-0.25, -0.2) is 0 Å². The van der Waals surface area contributed by atoms with E-state index in [1.54, 1.807) is 0 Å². The fourth-order valence-corrected chi connectivity index (χ4v) is 6.59. The van der Waals surface area contributed by atoms with E-state index in [1.807, 2.05) is 6.26 Å². The molecule has 2 rings (SSSR count). The Morgan fingerprint density at radius 2 is 1.16 bits per heavy atom. The van der Waals surface area contributed by atoms with Gasteiger partial charge in [-0.2, -0.15) is 24.4 Å². The van der Waals surface area contributed by atoms with E-state index in [0.29, 0.717) is 5.75 Å². The molecule has 0 aromatic rings. The standard InChI is InChI=1S/C20H37NO13S2.C10H16N2O8.C6H14O6/c1-36-3-2-10(21)18(29)32-17-14(26)12(6-24)33-20(17,8-30-9(4-22)7-35)34-19-16(28)15(27)13(25)11(5-23)31-19;13-7(14)3-11(4-8(15)16)1-2-12(5-9(17)18)6-10(19)20;7-1-3(9)5(11)6(12)4(10)2-8/h9-17,19,22-28,35H,2-8,21H2,1H3;1-6H2,(H,13,14)(H,15,16)(H,17,18)(H,19,20);3-12H,1-2H2/t9?,10-,11+,12+,13+,14+,15-,16+,17-,19+,20-;;3-,4-,5-,6-/m0.1/s1. The lowest BCUT2D eigenvalue weighted by atomic mass is 9.99. The molecule has 68 heavy (non-hydrogen) atoms. The normalized spacial score (nSPS) is 27.4. The molecule has 0 radical (unpaired) electrons. The molecule has 1 unspecified atom stereocenters. The van der Waals surface area contributed by atoms with Gasteiger partial charge in [0.25, 0.3) is 0 Å². The molecule has 2 aliphatic rings. The molecule has 19 N–H and O–H groups in total. The first-order valence-corrected chi connectivity index (χ1v) is 22.4. The lowest BCUT2D eigenvalue weighted by Gasteiger charge is -2.44. The first-order chi connectivity index (χ1) is 31.8. The lowest BCUT2D eigenvalue weighted by molar-refractivity contribution is -0.387. The van der Waals surface area contributed by atoms with Gasteiger partial charge in [-0.15, -0.1) is 0 Å². The Morgan fingerprint density at radius 3 is 1.53 bits per heavy atom. The third-order valence-corrected chi connectivity index (χ3v) is 10.7. The maximum absolute atomic E-state index is 12.7. The van der Waals surface area contributed by atoms with Gasteiger partial charge in [-0.3, -0.25) is 33.8 Å². The summed E-state index contributed by atoms with van der Waals surface area (Å²) >= 11 is 5.53. The number of esters is 1.